The molecule has 5 nitrogen and oxygen atoms in total. The van der Waals surface area contributed by atoms with Crippen molar-refractivity contribution in [2.45, 2.75) is 129 Å². The van der Waals surface area contributed by atoms with Crippen molar-refractivity contribution in [1.82, 2.24) is 5.32 Å². The quantitative estimate of drug-likeness (QED) is 0.208. The van der Waals surface area contributed by atoms with Crippen LogP contribution in [0.1, 0.15) is 122 Å². The summed E-state index contributed by atoms with van der Waals surface area (Å²) in [6, 6.07) is -0.663. The van der Waals surface area contributed by atoms with Gasteiger partial charge in [0, 0.05) is 6.42 Å². The van der Waals surface area contributed by atoms with E-state index in [1.807, 2.05) is 0 Å². The van der Waals surface area contributed by atoms with Crippen LogP contribution in [0, 0.1) is 0 Å². The summed E-state index contributed by atoms with van der Waals surface area (Å²) < 4.78 is 0. The molecule has 28 heavy (non-hydrogen) atoms. The van der Waals surface area contributed by atoms with Crippen LogP contribution in [-0.2, 0) is 9.59 Å². The topological polar surface area (TPSA) is 92.4 Å². The molecule has 0 aromatic rings. The summed E-state index contributed by atoms with van der Waals surface area (Å²) in [5, 5.41) is 12.1. The SMILES string of the molecule is CCCCCCCCCCCCCCCCCCN[C@@H](CCC(N)=O)C(=O)O. The summed E-state index contributed by atoms with van der Waals surface area (Å²) in [5.41, 5.74) is 5.08. The molecular formula is C23H46N2O3. The molecule has 0 aromatic carbocycles. The molecule has 0 rings (SSSR count). The van der Waals surface area contributed by atoms with Gasteiger partial charge in [0.15, 0.2) is 0 Å². The lowest BCUT2D eigenvalue weighted by Crippen LogP contribution is -2.38. The number of unbranched alkanes of at least 4 members (excludes halogenated alkanes) is 15. The van der Waals surface area contributed by atoms with E-state index in [1.54, 1.807) is 0 Å². The first-order chi connectivity index (χ1) is 13.6. The van der Waals surface area contributed by atoms with Gasteiger partial charge in [-0.05, 0) is 19.4 Å². The van der Waals surface area contributed by atoms with E-state index < -0.39 is 17.9 Å². The lowest BCUT2D eigenvalue weighted by atomic mass is 10.0. The van der Waals surface area contributed by atoms with Crippen molar-refractivity contribution >= 4 is 11.9 Å². The van der Waals surface area contributed by atoms with Gasteiger partial charge in [0.1, 0.15) is 6.04 Å². The standard InChI is InChI=1S/C23H46N2O3/c1-2-3-4-5-6-7-8-9-10-11-12-13-14-15-16-17-20-25-21(23(27)28)18-19-22(24)26/h21,25H,2-20H2,1H3,(H2,24,26)(H,27,28)/t21-/m0/s1. The predicted octanol–water partition coefficient (Wildman–Crippen LogP) is 5.56. The Bertz CT molecular complexity index is 375. The molecule has 0 radical (unpaired) electrons. The van der Waals surface area contributed by atoms with Gasteiger partial charge in [-0.15, -0.1) is 0 Å². The van der Waals surface area contributed by atoms with Crippen molar-refractivity contribution in [1.29, 1.82) is 0 Å². The van der Waals surface area contributed by atoms with E-state index in [1.165, 1.54) is 89.9 Å². The van der Waals surface area contributed by atoms with Gasteiger partial charge in [-0.3, -0.25) is 9.59 Å². The molecule has 0 fully saturated rings. The fourth-order valence-corrected chi connectivity index (χ4v) is 3.55. The fourth-order valence-electron chi connectivity index (χ4n) is 3.55. The third-order valence-corrected chi connectivity index (χ3v) is 5.40. The van der Waals surface area contributed by atoms with E-state index in [0.29, 0.717) is 6.54 Å². The van der Waals surface area contributed by atoms with Crippen molar-refractivity contribution in [2.75, 3.05) is 6.54 Å². The second kappa shape index (κ2) is 20.6. The van der Waals surface area contributed by atoms with Crippen LogP contribution in [-0.4, -0.2) is 29.6 Å². The monoisotopic (exact) mass is 398 g/mol. The average molecular weight is 399 g/mol. The van der Waals surface area contributed by atoms with E-state index in [4.69, 9.17) is 10.8 Å². The van der Waals surface area contributed by atoms with Crippen molar-refractivity contribution in [3.8, 4) is 0 Å². The molecule has 0 aromatic heterocycles. The number of amides is 1. The van der Waals surface area contributed by atoms with Gasteiger partial charge in [0.25, 0.3) is 0 Å². The highest BCUT2D eigenvalue weighted by molar-refractivity contribution is 5.77. The van der Waals surface area contributed by atoms with Gasteiger partial charge in [-0.1, -0.05) is 103 Å². The number of rotatable bonds is 22. The summed E-state index contributed by atoms with van der Waals surface area (Å²) in [7, 11) is 0. The van der Waals surface area contributed by atoms with Gasteiger partial charge in [0.2, 0.25) is 5.91 Å². The van der Waals surface area contributed by atoms with E-state index in [0.717, 1.165) is 12.8 Å². The van der Waals surface area contributed by atoms with Crippen LogP contribution in [0.3, 0.4) is 0 Å². The molecular weight excluding hydrogens is 352 g/mol. The zero-order valence-electron chi connectivity index (χ0n) is 18.4. The number of nitrogens with two attached hydrogens (primary N) is 1. The van der Waals surface area contributed by atoms with Crippen LogP contribution in [0.4, 0.5) is 0 Å². The van der Waals surface area contributed by atoms with E-state index in [9.17, 15) is 9.59 Å². The largest absolute Gasteiger partial charge is 0.480 e. The maximum atomic E-state index is 11.1. The molecule has 0 aliphatic carbocycles. The van der Waals surface area contributed by atoms with Gasteiger partial charge >= 0.3 is 5.97 Å². The molecule has 166 valence electrons. The van der Waals surface area contributed by atoms with Crippen molar-refractivity contribution < 1.29 is 14.7 Å². The second-order valence-corrected chi connectivity index (χ2v) is 8.15. The number of nitrogens with one attached hydrogen (secondary N) is 1. The molecule has 0 aliphatic heterocycles. The van der Waals surface area contributed by atoms with Crippen molar-refractivity contribution in [3.05, 3.63) is 0 Å². The number of carboxylic acid groups (broad SMARTS) is 1. The summed E-state index contributed by atoms with van der Waals surface area (Å²) in [6.45, 7) is 2.96. The minimum atomic E-state index is -0.905. The Morgan fingerprint density at radius 1 is 0.750 bits per heavy atom. The Labute approximate surface area is 173 Å². The lowest BCUT2D eigenvalue weighted by molar-refractivity contribution is -0.139. The smallest absolute Gasteiger partial charge is 0.320 e. The Balaban J connectivity index is 3.28. The molecule has 0 spiro atoms. The lowest BCUT2D eigenvalue weighted by Gasteiger charge is -2.13. The maximum Gasteiger partial charge on any atom is 0.320 e. The maximum absolute atomic E-state index is 11.1. The van der Waals surface area contributed by atoms with Crippen LogP contribution in [0.5, 0.6) is 0 Å². The molecule has 5 heteroatoms. The van der Waals surface area contributed by atoms with Gasteiger partial charge in [-0.25, -0.2) is 0 Å². The highest BCUT2D eigenvalue weighted by atomic mass is 16.4. The van der Waals surface area contributed by atoms with Gasteiger partial charge < -0.3 is 16.2 Å². The summed E-state index contributed by atoms with van der Waals surface area (Å²) in [5.74, 6) is -1.35. The third-order valence-electron chi connectivity index (χ3n) is 5.40. The zero-order chi connectivity index (χ0) is 20.9. The number of aliphatic carboxylic acids is 1. The third kappa shape index (κ3) is 19.7. The summed E-state index contributed by atoms with van der Waals surface area (Å²) in [6.07, 6.45) is 21.7. The summed E-state index contributed by atoms with van der Waals surface area (Å²) in [4.78, 5) is 21.9. The molecule has 1 atom stereocenters. The number of carbonyl (C=O) groups is 2. The summed E-state index contributed by atoms with van der Waals surface area (Å²) >= 11 is 0. The zero-order valence-corrected chi connectivity index (χ0v) is 18.4. The Morgan fingerprint density at radius 2 is 1.14 bits per heavy atom. The van der Waals surface area contributed by atoms with Gasteiger partial charge in [0.05, 0.1) is 0 Å². The molecule has 0 bridgehead atoms. The number of carbonyl (C=O) groups excluding carboxylic acids is 1. The molecule has 4 N–H and O–H groups in total. The molecule has 1 amide bonds. The Hall–Kier alpha value is -1.10. The van der Waals surface area contributed by atoms with Gasteiger partial charge in [-0.2, -0.15) is 0 Å². The first kappa shape index (κ1) is 26.9. The fraction of sp³-hybridized carbons (Fsp3) is 0.913. The molecule has 0 heterocycles. The predicted molar refractivity (Wildman–Crippen MR) is 117 cm³/mol. The highest BCUT2D eigenvalue weighted by Gasteiger charge is 2.16. The number of hydrogen-bond donors (Lipinski definition) is 3. The second-order valence-electron chi connectivity index (χ2n) is 8.15. The number of carboxylic acids is 1. The Kier molecular flexibility index (Phi) is 19.8. The number of hydrogen-bond acceptors (Lipinski definition) is 3. The van der Waals surface area contributed by atoms with E-state index >= 15 is 0 Å². The van der Waals surface area contributed by atoms with Crippen molar-refractivity contribution in [2.24, 2.45) is 5.73 Å². The normalized spacial score (nSPS) is 12.2. The molecule has 0 saturated carbocycles. The van der Waals surface area contributed by atoms with Crippen LogP contribution >= 0.6 is 0 Å². The molecule has 0 unspecified atom stereocenters. The first-order valence-electron chi connectivity index (χ1n) is 11.8. The van der Waals surface area contributed by atoms with Crippen LogP contribution in [0.2, 0.25) is 0 Å². The minimum absolute atomic E-state index is 0.114. The first-order valence-corrected chi connectivity index (χ1v) is 11.8. The van der Waals surface area contributed by atoms with Crippen LogP contribution in [0.25, 0.3) is 0 Å². The highest BCUT2D eigenvalue weighted by Crippen LogP contribution is 2.13. The Morgan fingerprint density at radius 3 is 1.50 bits per heavy atom. The van der Waals surface area contributed by atoms with Crippen LogP contribution < -0.4 is 11.1 Å². The van der Waals surface area contributed by atoms with E-state index in [2.05, 4.69) is 12.2 Å². The number of primary amides is 1. The average Bonchev–Trinajstić information content (AvgIpc) is 2.66. The minimum Gasteiger partial charge on any atom is -0.480 e. The molecule has 0 aliphatic rings. The van der Waals surface area contributed by atoms with E-state index in [-0.39, 0.29) is 12.8 Å². The van der Waals surface area contributed by atoms with Crippen molar-refractivity contribution in [3.63, 3.8) is 0 Å². The van der Waals surface area contributed by atoms with Crippen LogP contribution in [0.15, 0.2) is 0 Å². The molecule has 0 saturated heterocycles.